The number of aromatic nitrogens is 1. The first kappa shape index (κ1) is 23.1. The molecule has 0 fully saturated rings. The smallest absolute Gasteiger partial charge is 0.340 e. The molecule has 0 atom stereocenters. The van der Waals surface area contributed by atoms with E-state index in [0.29, 0.717) is 11.4 Å². The lowest BCUT2D eigenvalue weighted by atomic mass is 9.98. The van der Waals surface area contributed by atoms with E-state index in [1.807, 2.05) is 13.8 Å². The van der Waals surface area contributed by atoms with E-state index in [0.717, 1.165) is 24.8 Å². The van der Waals surface area contributed by atoms with Gasteiger partial charge in [-0.25, -0.2) is 18.0 Å². The fourth-order valence-corrected chi connectivity index (χ4v) is 3.46. The maximum Gasteiger partial charge on any atom is 0.340 e. The minimum absolute atomic E-state index is 0.0337. The molecule has 0 bridgehead atoms. The van der Waals surface area contributed by atoms with Crippen LogP contribution in [0.1, 0.15) is 41.4 Å². The quantitative estimate of drug-likeness (QED) is 0.463. The number of aryl methyl sites for hydroxylation is 1. The first-order chi connectivity index (χ1) is 15.2. The average Bonchev–Trinajstić information content (AvgIpc) is 2.76. The maximum absolute atomic E-state index is 15.9. The number of benzene rings is 2. The molecule has 0 radical (unpaired) electrons. The summed E-state index contributed by atoms with van der Waals surface area (Å²) in [4.78, 5) is 16.7. The third-order valence-electron chi connectivity index (χ3n) is 5.05. The predicted molar refractivity (Wildman–Crippen MR) is 116 cm³/mol. The van der Waals surface area contributed by atoms with E-state index in [1.165, 1.54) is 19.2 Å². The van der Waals surface area contributed by atoms with Crippen molar-refractivity contribution in [2.75, 3.05) is 19.5 Å². The summed E-state index contributed by atoms with van der Waals surface area (Å²) >= 11 is 0. The number of halogens is 3. The molecule has 0 aliphatic heterocycles. The Morgan fingerprint density at radius 1 is 1.03 bits per heavy atom. The van der Waals surface area contributed by atoms with E-state index in [-0.39, 0.29) is 22.9 Å². The van der Waals surface area contributed by atoms with Gasteiger partial charge < -0.3 is 14.8 Å². The number of carbonyl (C=O) groups excluding carboxylic acids is 1. The summed E-state index contributed by atoms with van der Waals surface area (Å²) in [5, 5.41) is 2.90. The van der Waals surface area contributed by atoms with E-state index in [4.69, 9.17) is 9.47 Å². The van der Waals surface area contributed by atoms with Gasteiger partial charge in [-0.3, -0.25) is 4.98 Å². The first-order valence-electron chi connectivity index (χ1n) is 9.86. The van der Waals surface area contributed by atoms with Gasteiger partial charge in [-0.2, -0.15) is 0 Å². The van der Waals surface area contributed by atoms with E-state index in [1.54, 1.807) is 19.2 Å². The van der Waals surface area contributed by atoms with Crippen LogP contribution in [0.3, 0.4) is 0 Å². The molecule has 1 heterocycles. The van der Waals surface area contributed by atoms with Gasteiger partial charge >= 0.3 is 5.97 Å². The maximum atomic E-state index is 15.9. The normalized spacial score (nSPS) is 10.9. The Balaban J connectivity index is 2.34. The van der Waals surface area contributed by atoms with Crippen LogP contribution >= 0.6 is 0 Å². The SMILES string of the molecule is COC(=O)c1cc(F)c(-c2c(F)cccc2OC)c(F)c1Nc1c(C)ccnc1C(C)C. The molecule has 3 rings (SSSR count). The Hall–Kier alpha value is -3.55. The number of methoxy groups -OCH3 is 2. The van der Waals surface area contributed by atoms with E-state index >= 15 is 8.78 Å². The topological polar surface area (TPSA) is 60.5 Å². The average molecular weight is 444 g/mol. The Labute approximate surface area is 184 Å². The monoisotopic (exact) mass is 444 g/mol. The summed E-state index contributed by atoms with van der Waals surface area (Å²) in [6.45, 7) is 5.60. The number of anilines is 2. The lowest BCUT2D eigenvalue weighted by Gasteiger charge is -2.20. The van der Waals surface area contributed by atoms with Gasteiger partial charge in [0, 0.05) is 6.20 Å². The largest absolute Gasteiger partial charge is 0.496 e. The number of rotatable bonds is 6. The highest BCUT2D eigenvalue weighted by Gasteiger charge is 2.28. The number of hydrogen-bond donors (Lipinski definition) is 1. The van der Waals surface area contributed by atoms with Crippen molar-refractivity contribution < 1.29 is 27.4 Å². The summed E-state index contributed by atoms with van der Waals surface area (Å²) < 4.78 is 55.5. The molecule has 8 heteroatoms. The number of nitrogens with one attached hydrogen (secondary N) is 1. The minimum atomic E-state index is -1.16. The van der Waals surface area contributed by atoms with Gasteiger partial charge in [0.1, 0.15) is 17.4 Å². The van der Waals surface area contributed by atoms with E-state index in [2.05, 4.69) is 10.3 Å². The van der Waals surface area contributed by atoms with Crippen LogP contribution in [0.5, 0.6) is 5.75 Å². The van der Waals surface area contributed by atoms with Crippen LogP contribution < -0.4 is 10.1 Å². The molecule has 3 aromatic rings. The summed E-state index contributed by atoms with van der Waals surface area (Å²) in [7, 11) is 2.37. The second kappa shape index (κ2) is 9.30. The number of esters is 1. The molecule has 0 aliphatic rings. The Morgan fingerprint density at radius 2 is 1.75 bits per heavy atom. The fraction of sp³-hybridized carbons (Fsp3) is 0.250. The number of carbonyl (C=O) groups is 1. The molecule has 0 saturated carbocycles. The molecule has 0 saturated heterocycles. The second-order valence-corrected chi connectivity index (χ2v) is 7.45. The summed E-state index contributed by atoms with van der Waals surface area (Å²) in [5.74, 6) is -4.21. The van der Waals surface area contributed by atoms with Crippen LogP contribution in [0.15, 0.2) is 36.5 Å². The number of hydrogen-bond acceptors (Lipinski definition) is 5. The van der Waals surface area contributed by atoms with E-state index in [9.17, 15) is 9.18 Å². The molecule has 1 N–H and O–H groups in total. The van der Waals surface area contributed by atoms with Crippen LogP contribution in [0.4, 0.5) is 24.5 Å². The van der Waals surface area contributed by atoms with Crippen molar-refractivity contribution >= 4 is 17.3 Å². The zero-order valence-electron chi connectivity index (χ0n) is 18.3. The Bertz CT molecular complexity index is 1180. The molecule has 2 aromatic carbocycles. The standard InChI is InChI=1S/C24H23F3N2O3/c1-12(2)21-22(13(3)9-10-28-21)29-23-14(24(30)32-5)11-16(26)19(20(23)27)18-15(25)7-6-8-17(18)31-4/h6-12,29H,1-5H3. The van der Waals surface area contributed by atoms with Crippen molar-refractivity contribution in [2.24, 2.45) is 0 Å². The van der Waals surface area contributed by atoms with Crippen molar-refractivity contribution in [3.63, 3.8) is 0 Å². The van der Waals surface area contributed by atoms with Gasteiger partial charge in [0.05, 0.1) is 48.0 Å². The summed E-state index contributed by atoms with van der Waals surface area (Å²) in [5.41, 5.74) is 0.0303. The fourth-order valence-electron chi connectivity index (χ4n) is 3.46. The predicted octanol–water partition coefficient (Wildman–Crippen LogP) is 6.14. The lowest BCUT2D eigenvalue weighted by molar-refractivity contribution is 0.0601. The van der Waals surface area contributed by atoms with Crippen LogP contribution in [0, 0.1) is 24.4 Å². The lowest BCUT2D eigenvalue weighted by Crippen LogP contribution is -2.12. The molecule has 32 heavy (non-hydrogen) atoms. The zero-order valence-corrected chi connectivity index (χ0v) is 18.3. The number of nitrogens with zero attached hydrogens (tertiary/aromatic N) is 1. The summed E-state index contributed by atoms with van der Waals surface area (Å²) in [6.07, 6.45) is 1.62. The number of pyridine rings is 1. The van der Waals surface area contributed by atoms with Crippen LogP contribution in [-0.4, -0.2) is 25.2 Å². The Kier molecular flexibility index (Phi) is 6.72. The molecule has 168 valence electrons. The van der Waals surface area contributed by atoms with Gasteiger partial charge in [0.15, 0.2) is 5.82 Å². The van der Waals surface area contributed by atoms with E-state index < -0.39 is 34.5 Å². The molecule has 0 aliphatic carbocycles. The van der Waals surface area contributed by atoms with Gasteiger partial charge in [-0.05, 0) is 42.7 Å². The molecular formula is C24H23F3N2O3. The van der Waals surface area contributed by atoms with Crippen molar-refractivity contribution in [1.82, 2.24) is 4.98 Å². The third kappa shape index (κ3) is 4.12. The zero-order chi connectivity index (χ0) is 23.6. The Morgan fingerprint density at radius 3 is 2.38 bits per heavy atom. The molecule has 1 aromatic heterocycles. The second-order valence-electron chi connectivity index (χ2n) is 7.45. The van der Waals surface area contributed by atoms with Crippen LogP contribution in [0.2, 0.25) is 0 Å². The van der Waals surface area contributed by atoms with Gasteiger partial charge in [-0.1, -0.05) is 19.9 Å². The van der Waals surface area contributed by atoms with Gasteiger partial charge in [-0.15, -0.1) is 0 Å². The van der Waals surface area contributed by atoms with Gasteiger partial charge in [0.25, 0.3) is 0 Å². The first-order valence-corrected chi connectivity index (χ1v) is 9.86. The molecule has 0 unspecified atom stereocenters. The molecular weight excluding hydrogens is 421 g/mol. The summed E-state index contributed by atoms with van der Waals surface area (Å²) in [6, 6.07) is 6.36. The highest BCUT2D eigenvalue weighted by atomic mass is 19.1. The van der Waals surface area contributed by atoms with Gasteiger partial charge in [0.2, 0.25) is 0 Å². The highest BCUT2D eigenvalue weighted by Crippen LogP contribution is 2.41. The van der Waals surface area contributed by atoms with Crippen LogP contribution in [0.25, 0.3) is 11.1 Å². The molecule has 0 amide bonds. The van der Waals surface area contributed by atoms with Crippen molar-refractivity contribution in [2.45, 2.75) is 26.7 Å². The van der Waals surface area contributed by atoms with Crippen molar-refractivity contribution in [3.8, 4) is 16.9 Å². The molecule has 0 spiro atoms. The number of ether oxygens (including phenoxy) is 2. The molecule has 5 nitrogen and oxygen atoms in total. The third-order valence-corrected chi connectivity index (χ3v) is 5.05. The van der Waals surface area contributed by atoms with Crippen molar-refractivity contribution in [1.29, 1.82) is 0 Å². The van der Waals surface area contributed by atoms with Crippen molar-refractivity contribution in [3.05, 3.63) is 70.8 Å². The van der Waals surface area contributed by atoms with Crippen LogP contribution in [-0.2, 0) is 4.74 Å². The highest BCUT2D eigenvalue weighted by molar-refractivity contribution is 5.98. The minimum Gasteiger partial charge on any atom is -0.496 e.